The van der Waals surface area contributed by atoms with E-state index in [2.05, 4.69) is 15.3 Å². The molecule has 0 saturated heterocycles. The molecule has 5 aromatic rings. The number of carbonyl (C=O) groups is 1. The van der Waals surface area contributed by atoms with Crippen LogP contribution in [0.5, 0.6) is 5.75 Å². The fourth-order valence-corrected chi connectivity index (χ4v) is 3.79. The van der Waals surface area contributed by atoms with E-state index in [0.717, 1.165) is 28.1 Å². The van der Waals surface area contributed by atoms with Crippen molar-refractivity contribution in [3.05, 3.63) is 120 Å². The average Bonchev–Trinajstić information content (AvgIpc) is 3.63. The van der Waals surface area contributed by atoms with Crippen LogP contribution in [0.3, 0.4) is 0 Å². The SMILES string of the molecule is COC(=O)c1coc([C@H](Cc2ccc(OCc3ccccc3)cc2)n2cc(-c3ccccc3)nn2)n1. The van der Waals surface area contributed by atoms with Crippen LogP contribution in [-0.2, 0) is 17.8 Å². The third kappa shape index (κ3) is 5.33. The summed E-state index contributed by atoms with van der Waals surface area (Å²) in [4.78, 5) is 16.3. The molecular weight excluding hydrogens is 456 g/mol. The molecule has 2 heterocycles. The Kier molecular flexibility index (Phi) is 6.84. The number of oxazole rings is 1. The maximum absolute atomic E-state index is 11.9. The molecule has 180 valence electrons. The molecule has 0 amide bonds. The highest BCUT2D eigenvalue weighted by molar-refractivity contribution is 5.86. The van der Waals surface area contributed by atoms with E-state index in [1.165, 1.54) is 13.4 Å². The molecule has 0 unspecified atom stereocenters. The second-order valence-corrected chi connectivity index (χ2v) is 8.15. The summed E-state index contributed by atoms with van der Waals surface area (Å²) in [5, 5.41) is 8.68. The Bertz CT molecular complexity index is 1410. The van der Waals surface area contributed by atoms with Gasteiger partial charge in [-0.25, -0.2) is 14.5 Å². The summed E-state index contributed by atoms with van der Waals surface area (Å²) in [5.41, 5.74) is 3.90. The van der Waals surface area contributed by atoms with Crippen LogP contribution in [0.15, 0.2) is 102 Å². The highest BCUT2D eigenvalue weighted by Crippen LogP contribution is 2.26. The number of aromatic nitrogens is 4. The normalized spacial score (nSPS) is 11.7. The van der Waals surface area contributed by atoms with E-state index >= 15 is 0 Å². The highest BCUT2D eigenvalue weighted by Gasteiger charge is 2.24. The lowest BCUT2D eigenvalue weighted by Gasteiger charge is -2.14. The Hall–Kier alpha value is -4.72. The first-order valence-corrected chi connectivity index (χ1v) is 11.5. The van der Waals surface area contributed by atoms with Crippen molar-refractivity contribution in [2.75, 3.05) is 7.11 Å². The molecule has 0 spiro atoms. The van der Waals surface area contributed by atoms with Crippen molar-refractivity contribution in [1.29, 1.82) is 0 Å². The molecule has 0 aliphatic carbocycles. The number of rotatable bonds is 9. The van der Waals surface area contributed by atoms with Crippen molar-refractivity contribution in [2.45, 2.75) is 19.1 Å². The molecule has 5 rings (SSSR count). The predicted octanol–water partition coefficient (Wildman–Crippen LogP) is 5.13. The van der Waals surface area contributed by atoms with Crippen LogP contribution >= 0.6 is 0 Å². The molecular formula is C28H24N4O4. The lowest BCUT2D eigenvalue weighted by molar-refractivity contribution is 0.0594. The minimum absolute atomic E-state index is 0.102. The van der Waals surface area contributed by atoms with E-state index in [9.17, 15) is 4.79 Å². The number of nitrogens with zero attached hydrogens (tertiary/aromatic N) is 4. The maximum Gasteiger partial charge on any atom is 0.360 e. The first-order valence-electron chi connectivity index (χ1n) is 11.5. The second-order valence-electron chi connectivity index (χ2n) is 8.15. The van der Waals surface area contributed by atoms with Crippen LogP contribution < -0.4 is 4.74 Å². The minimum atomic E-state index is -0.563. The van der Waals surface area contributed by atoms with Gasteiger partial charge in [0.2, 0.25) is 5.89 Å². The molecule has 0 saturated carbocycles. The van der Waals surface area contributed by atoms with E-state index in [0.29, 0.717) is 18.9 Å². The topological polar surface area (TPSA) is 92.3 Å². The molecule has 1 atom stereocenters. The quantitative estimate of drug-likeness (QED) is 0.270. The van der Waals surface area contributed by atoms with Gasteiger partial charge in [-0.1, -0.05) is 78.0 Å². The second kappa shape index (κ2) is 10.7. The Labute approximate surface area is 208 Å². The van der Waals surface area contributed by atoms with E-state index in [1.54, 1.807) is 4.68 Å². The number of esters is 1. The molecule has 0 aliphatic rings. The molecule has 2 aromatic heterocycles. The molecule has 8 heteroatoms. The van der Waals surface area contributed by atoms with Crippen LogP contribution in [-0.4, -0.2) is 33.1 Å². The van der Waals surface area contributed by atoms with Crippen molar-refractivity contribution in [1.82, 2.24) is 20.0 Å². The standard InChI is InChI=1S/C28H24N4O4/c1-34-28(33)25-19-36-27(29-25)26(32-17-24(30-31-32)22-10-6-3-7-11-22)16-20-12-14-23(15-13-20)35-18-21-8-4-2-5-9-21/h2-15,17,19,26H,16,18H2,1H3/t26-/m0/s1. The van der Waals surface area contributed by atoms with Crippen LogP contribution in [0.2, 0.25) is 0 Å². The van der Waals surface area contributed by atoms with Gasteiger partial charge in [-0.2, -0.15) is 0 Å². The zero-order chi connectivity index (χ0) is 24.7. The van der Waals surface area contributed by atoms with Crippen molar-refractivity contribution in [3.8, 4) is 17.0 Å². The maximum atomic E-state index is 11.9. The van der Waals surface area contributed by atoms with Gasteiger partial charge < -0.3 is 13.9 Å². The molecule has 0 N–H and O–H groups in total. The summed E-state index contributed by atoms with van der Waals surface area (Å²) in [6.45, 7) is 0.497. The summed E-state index contributed by atoms with van der Waals surface area (Å²) in [7, 11) is 1.30. The summed E-state index contributed by atoms with van der Waals surface area (Å²) >= 11 is 0. The van der Waals surface area contributed by atoms with Gasteiger partial charge in [0.1, 0.15) is 30.4 Å². The van der Waals surface area contributed by atoms with Crippen molar-refractivity contribution in [3.63, 3.8) is 0 Å². The number of hydrogen-bond acceptors (Lipinski definition) is 7. The van der Waals surface area contributed by atoms with Crippen molar-refractivity contribution in [2.24, 2.45) is 0 Å². The van der Waals surface area contributed by atoms with Gasteiger partial charge in [0, 0.05) is 12.0 Å². The number of hydrogen-bond donors (Lipinski definition) is 0. The third-order valence-corrected chi connectivity index (χ3v) is 5.70. The Morgan fingerprint density at radius 2 is 1.67 bits per heavy atom. The monoisotopic (exact) mass is 480 g/mol. The van der Waals surface area contributed by atoms with Crippen LogP contribution in [0.25, 0.3) is 11.3 Å². The lowest BCUT2D eigenvalue weighted by atomic mass is 10.1. The van der Waals surface area contributed by atoms with Crippen LogP contribution in [0, 0.1) is 0 Å². The summed E-state index contributed by atoms with van der Waals surface area (Å²) in [6, 6.07) is 27.2. The van der Waals surface area contributed by atoms with Gasteiger partial charge in [0.15, 0.2) is 5.69 Å². The predicted molar refractivity (Wildman–Crippen MR) is 132 cm³/mol. The van der Waals surface area contributed by atoms with E-state index < -0.39 is 12.0 Å². The molecule has 0 radical (unpaired) electrons. The molecule has 36 heavy (non-hydrogen) atoms. The van der Waals surface area contributed by atoms with Crippen molar-refractivity contribution >= 4 is 5.97 Å². The van der Waals surface area contributed by atoms with Gasteiger partial charge in [0.05, 0.1) is 13.3 Å². The number of carbonyl (C=O) groups excluding carboxylic acids is 1. The first kappa shape index (κ1) is 23.0. The smallest absolute Gasteiger partial charge is 0.360 e. The fourth-order valence-electron chi connectivity index (χ4n) is 3.79. The minimum Gasteiger partial charge on any atom is -0.489 e. The molecule has 0 aliphatic heterocycles. The van der Waals surface area contributed by atoms with Gasteiger partial charge >= 0.3 is 5.97 Å². The summed E-state index contributed by atoms with van der Waals surface area (Å²) < 4.78 is 18.1. The van der Waals surface area contributed by atoms with Crippen molar-refractivity contribution < 1.29 is 18.7 Å². The van der Waals surface area contributed by atoms with E-state index in [-0.39, 0.29) is 5.69 Å². The van der Waals surface area contributed by atoms with E-state index in [1.807, 2.05) is 91.1 Å². The number of methoxy groups -OCH3 is 1. The van der Waals surface area contributed by atoms with Crippen LogP contribution in [0.4, 0.5) is 0 Å². The molecule has 0 bridgehead atoms. The highest BCUT2D eigenvalue weighted by atomic mass is 16.5. The van der Waals surface area contributed by atoms with Gasteiger partial charge in [-0.05, 0) is 23.3 Å². The van der Waals surface area contributed by atoms with E-state index in [4.69, 9.17) is 13.9 Å². The summed E-state index contributed by atoms with van der Waals surface area (Å²) in [6.07, 6.45) is 3.65. The van der Waals surface area contributed by atoms with Gasteiger partial charge in [-0.15, -0.1) is 5.10 Å². The largest absolute Gasteiger partial charge is 0.489 e. The van der Waals surface area contributed by atoms with Crippen LogP contribution in [0.1, 0.15) is 33.5 Å². The lowest BCUT2D eigenvalue weighted by Crippen LogP contribution is -2.15. The number of ether oxygens (including phenoxy) is 2. The van der Waals surface area contributed by atoms with Gasteiger partial charge in [-0.3, -0.25) is 0 Å². The Morgan fingerprint density at radius 3 is 2.39 bits per heavy atom. The zero-order valence-electron chi connectivity index (χ0n) is 19.7. The Balaban J connectivity index is 1.38. The zero-order valence-corrected chi connectivity index (χ0v) is 19.7. The number of benzene rings is 3. The third-order valence-electron chi connectivity index (χ3n) is 5.70. The molecule has 8 nitrogen and oxygen atoms in total. The first-order chi connectivity index (χ1) is 17.7. The Morgan fingerprint density at radius 1 is 0.944 bits per heavy atom. The summed E-state index contributed by atoms with van der Waals surface area (Å²) in [5.74, 6) is 0.548. The molecule has 0 fully saturated rings. The van der Waals surface area contributed by atoms with Gasteiger partial charge in [0.25, 0.3) is 0 Å². The molecule has 3 aromatic carbocycles. The fraction of sp³-hybridized carbons (Fsp3) is 0.143. The average molecular weight is 481 g/mol.